The van der Waals surface area contributed by atoms with Crippen molar-refractivity contribution in [1.82, 2.24) is 9.78 Å². The Morgan fingerprint density at radius 1 is 1.62 bits per heavy atom. The van der Waals surface area contributed by atoms with Crippen LogP contribution < -0.4 is 4.74 Å². The molecule has 0 N–H and O–H groups in total. The summed E-state index contributed by atoms with van der Waals surface area (Å²) in [5.74, 6) is 0.573. The SMILES string of the molecule is COc1nn(C(C)(C)C#N)cc1C. The summed E-state index contributed by atoms with van der Waals surface area (Å²) in [6, 6.07) is 2.17. The van der Waals surface area contributed by atoms with E-state index in [9.17, 15) is 0 Å². The van der Waals surface area contributed by atoms with E-state index < -0.39 is 5.54 Å². The molecule has 0 aromatic carbocycles. The topological polar surface area (TPSA) is 50.8 Å². The van der Waals surface area contributed by atoms with Crippen molar-refractivity contribution in [3.8, 4) is 11.9 Å². The highest BCUT2D eigenvalue weighted by Crippen LogP contribution is 2.19. The summed E-state index contributed by atoms with van der Waals surface area (Å²) in [5, 5.41) is 13.0. The quantitative estimate of drug-likeness (QED) is 0.690. The molecule has 0 radical (unpaired) electrons. The average Bonchev–Trinajstić information content (AvgIpc) is 2.47. The van der Waals surface area contributed by atoms with Gasteiger partial charge >= 0.3 is 0 Å². The molecule has 13 heavy (non-hydrogen) atoms. The van der Waals surface area contributed by atoms with Crippen LogP contribution in [-0.4, -0.2) is 16.9 Å². The Hall–Kier alpha value is -1.50. The molecule has 4 nitrogen and oxygen atoms in total. The van der Waals surface area contributed by atoms with Crippen molar-refractivity contribution in [2.45, 2.75) is 26.3 Å². The fourth-order valence-corrected chi connectivity index (χ4v) is 0.984. The number of nitriles is 1. The Morgan fingerprint density at radius 3 is 2.62 bits per heavy atom. The molecular weight excluding hydrogens is 166 g/mol. The molecule has 1 heterocycles. The van der Waals surface area contributed by atoms with Crippen LogP contribution in [0.3, 0.4) is 0 Å². The van der Waals surface area contributed by atoms with Gasteiger partial charge in [0.05, 0.1) is 13.2 Å². The highest BCUT2D eigenvalue weighted by molar-refractivity contribution is 5.22. The minimum Gasteiger partial charge on any atom is -0.480 e. The minimum atomic E-state index is -0.623. The number of rotatable bonds is 2. The van der Waals surface area contributed by atoms with Gasteiger partial charge in [0.15, 0.2) is 0 Å². The number of nitrogens with zero attached hydrogens (tertiary/aromatic N) is 3. The Morgan fingerprint density at radius 2 is 2.23 bits per heavy atom. The van der Waals surface area contributed by atoms with Crippen molar-refractivity contribution in [1.29, 1.82) is 5.26 Å². The normalized spacial score (nSPS) is 11.0. The van der Waals surface area contributed by atoms with Crippen molar-refractivity contribution in [2.75, 3.05) is 7.11 Å². The monoisotopic (exact) mass is 179 g/mol. The van der Waals surface area contributed by atoms with Crippen LogP contribution >= 0.6 is 0 Å². The van der Waals surface area contributed by atoms with E-state index >= 15 is 0 Å². The van der Waals surface area contributed by atoms with Crippen LogP contribution in [0.15, 0.2) is 6.20 Å². The Kier molecular flexibility index (Phi) is 2.28. The average molecular weight is 179 g/mol. The van der Waals surface area contributed by atoms with Gasteiger partial charge in [-0.2, -0.15) is 5.26 Å². The molecule has 4 heteroatoms. The lowest BCUT2D eigenvalue weighted by Gasteiger charge is -2.14. The van der Waals surface area contributed by atoms with E-state index in [1.54, 1.807) is 25.6 Å². The molecule has 1 rings (SSSR count). The third kappa shape index (κ3) is 1.64. The van der Waals surface area contributed by atoms with E-state index in [1.165, 1.54) is 0 Å². The number of ether oxygens (including phenoxy) is 1. The van der Waals surface area contributed by atoms with Crippen LogP contribution in [0.2, 0.25) is 0 Å². The molecular formula is C9H13N3O. The van der Waals surface area contributed by atoms with Crippen LogP contribution in [0, 0.1) is 18.3 Å². The Labute approximate surface area is 77.7 Å². The second kappa shape index (κ2) is 3.09. The largest absolute Gasteiger partial charge is 0.480 e. The van der Waals surface area contributed by atoms with E-state index in [4.69, 9.17) is 10.00 Å². The van der Waals surface area contributed by atoms with E-state index in [0.717, 1.165) is 5.56 Å². The third-order valence-electron chi connectivity index (χ3n) is 1.89. The third-order valence-corrected chi connectivity index (χ3v) is 1.89. The lowest BCUT2D eigenvalue weighted by Crippen LogP contribution is -2.24. The minimum absolute atomic E-state index is 0.573. The molecule has 1 aromatic heterocycles. The van der Waals surface area contributed by atoms with Gasteiger partial charge in [0.1, 0.15) is 5.54 Å². The summed E-state index contributed by atoms with van der Waals surface area (Å²) in [5.41, 5.74) is 0.312. The number of hydrogen-bond donors (Lipinski definition) is 0. The van der Waals surface area contributed by atoms with Crippen LogP contribution in [0.4, 0.5) is 0 Å². The molecule has 0 bridgehead atoms. The summed E-state index contributed by atoms with van der Waals surface area (Å²) < 4.78 is 6.64. The van der Waals surface area contributed by atoms with Gasteiger partial charge < -0.3 is 4.74 Å². The van der Waals surface area contributed by atoms with Gasteiger partial charge in [0.25, 0.3) is 0 Å². The zero-order chi connectivity index (χ0) is 10.1. The molecule has 0 unspecified atom stereocenters. The van der Waals surface area contributed by atoms with Crippen molar-refractivity contribution in [3.63, 3.8) is 0 Å². The van der Waals surface area contributed by atoms with E-state index in [-0.39, 0.29) is 0 Å². The van der Waals surface area contributed by atoms with Gasteiger partial charge in [-0.3, -0.25) is 0 Å². The van der Waals surface area contributed by atoms with Crippen LogP contribution in [-0.2, 0) is 5.54 Å². The fraction of sp³-hybridized carbons (Fsp3) is 0.556. The highest BCUT2D eigenvalue weighted by Gasteiger charge is 2.21. The standard InChI is InChI=1S/C9H13N3O/c1-7-5-12(9(2,3)6-10)11-8(7)13-4/h5H,1-4H3. The number of aryl methyl sites for hydroxylation is 1. The first kappa shape index (κ1) is 9.59. The van der Waals surface area contributed by atoms with Gasteiger partial charge in [-0.15, -0.1) is 5.10 Å². The predicted octanol–water partition coefficient (Wildman–Crippen LogP) is 1.46. The summed E-state index contributed by atoms with van der Waals surface area (Å²) in [6.45, 7) is 5.51. The number of hydrogen-bond acceptors (Lipinski definition) is 3. The smallest absolute Gasteiger partial charge is 0.235 e. The van der Waals surface area contributed by atoms with Gasteiger partial charge in [0, 0.05) is 11.8 Å². The molecule has 0 spiro atoms. The Balaban J connectivity index is 3.12. The van der Waals surface area contributed by atoms with Gasteiger partial charge in [0.2, 0.25) is 5.88 Å². The second-order valence-corrected chi connectivity index (χ2v) is 3.44. The van der Waals surface area contributed by atoms with E-state index in [0.29, 0.717) is 5.88 Å². The highest BCUT2D eigenvalue weighted by atomic mass is 16.5. The molecule has 0 amide bonds. The lowest BCUT2D eigenvalue weighted by atomic mass is 10.1. The summed E-state index contributed by atoms with van der Waals surface area (Å²) in [4.78, 5) is 0. The van der Waals surface area contributed by atoms with Crippen molar-refractivity contribution >= 4 is 0 Å². The van der Waals surface area contributed by atoms with Crippen molar-refractivity contribution < 1.29 is 4.74 Å². The maximum absolute atomic E-state index is 8.87. The van der Waals surface area contributed by atoms with Crippen LogP contribution in [0.25, 0.3) is 0 Å². The maximum Gasteiger partial charge on any atom is 0.235 e. The van der Waals surface area contributed by atoms with E-state index in [1.807, 2.05) is 13.1 Å². The first-order chi connectivity index (χ1) is 6.01. The molecule has 0 fully saturated rings. The van der Waals surface area contributed by atoms with E-state index in [2.05, 4.69) is 11.2 Å². The van der Waals surface area contributed by atoms with Gasteiger partial charge in [-0.1, -0.05) is 0 Å². The zero-order valence-electron chi connectivity index (χ0n) is 8.33. The lowest BCUT2D eigenvalue weighted by molar-refractivity contribution is 0.361. The fourth-order valence-electron chi connectivity index (χ4n) is 0.984. The van der Waals surface area contributed by atoms with Gasteiger partial charge in [-0.05, 0) is 20.8 Å². The number of methoxy groups -OCH3 is 1. The first-order valence-electron chi connectivity index (χ1n) is 4.03. The molecule has 70 valence electrons. The molecule has 0 aliphatic carbocycles. The molecule has 0 atom stereocenters. The second-order valence-electron chi connectivity index (χ2n) is 3.44. The molecule has 0 saturated heterocycles. The zero-order valence-corrected chi connectivity index (χ0v) is 8.33. The van der Waals surface area contributed by atoms with Crippen LogP contribution in [0.1, 0.15) is 19.4 Å². The number of aromatic nitrogens is 2. The van der Waals surface area contributed by atoms with Crippen molar-refractivity contribution in [2.24, 2.45) is 0 Å². The van der Waals surface area contributed by atoms with Gasteiger partial charge in [-0.25, -0.2) is 4.68 Å². The summed E-state index contributed by atoms with van der Waals surface area (Å²) in [7, 11) is 1.57. The molecule has 0 saturated carbocycles. The van der Waals surface area contributed by atoms with Crippen LogP contribution in [0.5, 0.6) is 5.88 Å². The molecule has 1 aromatic rings. The molecule has 0 aliphatic rings. The summed E-state index contributed by atoms with van der Waals surface area (Å²) in [6.07, 6.45) is 1.81. The summed E-state index contributed by atoms with van der Waals surface area (Å²) >= 11 is 0. The predicted molar refractivity (Wildman–Crippen MR) is 48.5 cm³/mol. The maximum atomic E-state index is 8.87. The molecule has 0 aliphatic heterocycles. The first-order valence-corrected chi connectivity index (χ1v) is 4.03. The Bertz CT molecular complexity index is 346. The van der Waals surface area contributed by atoms with Crippen molar-refractivity contribution in [3.05, 3.63) is 11.8 Å².